The van der Waals surface area contributed by atoms with Crippen molar-refractivity contribution in [2.45, 2.75) is 6.42 Å². The highest BCUT2D eigenvalue weighted by Gasteiger charge is 2.36. The molecule has 1 aromatic heterocycles. The van der Waals surface area contributed by atoms with Crippen molar-refractivity contribution in [3.05, 3.63) is 30.5 Å². The number of ether oxygens (including phenoxy) is 1. The Morgan fingerprint density at radius 3 is 2.90 bits per heavy atom. The van der Waals surface area contributed by atoms with Gasteiger partial charge in [-0.25, -0.2) is 0 Å². The molecule has 1 aliphatic heterocycles. The normalized spacial score (nSPS) is 18.8. The number of aromatic nitrogens is 1. The maximum absolute atomic E-state index is 12.2. The number of rotatable bonds is 2. The third-order valence-electron chi connectivity index (χ3n) is 3.86. The summed E-state index contributed by atoms with van der Waals surface area (Å²) in [5, 5.41) is 1.02. The largest absolute Gasteiger partial charge is 0.469 e. The van der Waals surface area contributed by atoms with E-state index in [4.69, 9.17) is 4.74 Å². The molecule has 1 aliphatic rings. The minimum atomic E-state index is -0.369. The molecular weight excluding hydrogens is 256 g/mol. The van der Waals surface area contributed by atoms with Crippen LogP contribution in [0, 0.1) is 5.92 Å². The van der Waals surface area contributed by atoms with Gasteiger partial charge in [0, 0.05) is 37.1 Å². The van der Waals surface area contributed by atoms with E-state index >= 15 is 0 Å². The highest BCUT2D eigenvalue weighted by Crippen LogP contribution is 2.32. The lowest BCUT2D eigenvalue weighted by Crippen LogP contribution is -2.26. The molecule has 1 unspecified atom stereocenters. The number of hydrogen-bond acceptors (Lipinski definition) is 3. The molecule has 2 aromatic rings. The zero-order chi connectivity index (χ0) is 14.3. The molecule has 0 bridgehead atoms. The fourth-order valence-electron chi connectivity index (χ4n) is 2.79. The number of hydrogen-bond donors (Lipinski definition) is 0. The summed E-state index contributed by atoms with van der Waals surface area (Å²) in [5.41, 5.74) is 1.93. The first kappa shape index (κ1) is 12.7. The second-order valence-corrected chi connectivity index (χ2v) is 5.07. The van der Waals surface area contributed by atoms with E-state index in [9.17, 15) is 9.59 Å². The van der Waals surface area contributed by atoms with Crippen LogP contribution in [0.3, 0.4) is 0 Å². The van der Waals surface area contributed by atoms with Crippen LogP contribution < -0.4 is 4.90 Å². The van der Waals surface area contributed by atoms with Crippen LogP contribution in [0.4, 0.5) is 5.69 Å². The molecule has 0 radical (unpaired) electrons. The predicted molar refractivity (Wildman–Crippen MR) is 75.4 cm³/mol. The van der Waals surface area contributed by atoms with Crippen molar-refractivity contribution in [3.8, 4) is 0 Å². The number of anilines is 1. The lowest BCUT2D eigenvalue weighted by Gasteiger charge is -2.17. The monoisotopic (exact) mass is 272 g/mol. The Morgan fingerprint density at radius 2 is 2.15 bits per heavy atom. The highest BCUT2D eigenvalue weighted by atomic mass is 16.5. The first-order chi connectivity index (χ1) is 9.61. The topological polar surface area (TPSA) is 51.5 Å². The Kier molecular flexibility index (Phi) is 2.97. The van der Waals surface area contributed by atoms with Crippen LogP contribution in [0.1, 0.15) is 6.42 Å². The maximum Gasteiger partial charge on any atom is 0.311 e. The van der Waals surface area contributed by atoms with Crippen LogP contribution >= 0.6 is 0 Å². The van der Waals surface area contributed by atoms with Gasteiger partial charge in [0.15, 0.2) is 0 Å². The highest BCUT2D eigenvalue weighted by molar-refractivity contribution is 6.06. The van der Waals surface area contributed by atoms with Crippen molar-refractivity contribution in [3.63, 3.8) is 0 Å². The molecule has 1 aromatic carbocycles. The minimum absolute atomic E-state index is 0.0308. The molecule has 1 fully saturated rings. The van der Waals surface area contributed by atoms with Crippen molar-refractivity contribution in [2.75, 3.05) is 18.6 Å². The Morgan fingerprint density at radius 1 is 1.35 bits per heavy atom. The SMILES string of the molecule is COC(=O)C1CC(=O)N(c2cccc3c2ccn3C)C1. The van der Waals surface area contributed by atoms with Gasteiger partial charge < -0.3 is 14.2 Å². The van der Waals surface area contributed by atoms with E-state index in [0.717, 1.165) is 16.6 Å². The van der Waals surface area contributed by atoms with Gasteiger partial charge in [-0.05, 0) is 18.2 Å². The average molecular weight is 272 g/mol. The molecule has 5 nitrogen and oxygen atoms in total. The number of carbonyl (C=O) groups is 2. The predicted octanol–water partition coefficient (Wildman–Crippen LogP) is 1.70. The summed E-state index contributed by atoms with van der Waals surface area (Å²) < 4.78 is 6.75. The molecule has 5 heteroatoms. The lowest BCUT2D eigenvalue weighted by atomic mass is 10.1. The van der Waals surface area contributed by atoms with Crippen molar-refractivity contribution in [2.24, 2.45) is 13.0 Å². The molecule has 0 spiro atoms. The molecule has 1 atom stereocenters. The van der Waals surface area contributed by atoms with Crippen molar-refractivity contribution in [1.82, 2.24) is 4.57 Å². The molecule has 0 saturated carbocycles. The Balaban J connectivity index is 1.99. The number of amides is 1. The van der Waals surface area contributed by atoms with E-state index in [2.05, 4.69) is 0 Å². The van der Waals surface area contributed by atoms with E-state index in [-0.39, 0.29) is 24.2 Å². The first-order valence-electron chi connectivity index (χ1n) is 6.54. The van der Waals surface area contributed by atoms with Crippen molar-refractivity contribution < 1.29 is 14.3 Å². The number of nitrogens with zero attached hydrogens (tertiary/aromatic N) is 2. The number of methoxy groups -OCH3 is 1. The lowest BCUT2D eigenvalue weighted by molar-refractivity contribution is -0.145. The molecule has 20 heavy (non-hydrogen) atoms. The number of carbonyl (C=O) groups excluding carboxylic acids is 2. The van der Waals surface area contributed by atoms with E-state index in [0.29, 0.717) is 6.54 Å². The third kappa shape index (κ3) is 1.86. The van der Waals surface area contributed by atoms with Gasteiger partial charge in [-0.1, -0.05) is 6.07 Å². The second kappa shape index (κ2) is 4.67. The van der Waals surface area contributed by atoms with E-state index in [1.54, 1.807) is 4.90 Å². The molecular formula is C15H16N2O3. The van der Waals surface area contributed by atoms with Crippen LogP contribution in [-0.2, 0) is 21.4 Å². The van der Waals surface area contributed by atoms with Crippen LogP contribution in [0.2, 0.25) is 0 Å². The van der Waals surface area contributed by atoms with Crippen LogP contribution in [0.15, 0.2) is 30.5 Å². The molecule has 1 saturated heterocycles. The smallest absolute Gasteiger partial charge is 0.311 e. The molecule has 0 aliphatic carbocycles. The Hall–Kier alpha value is -2.30. The number of fused-ring (bicyclic) bond motifs is 1. The summed E-state index contributed by atoms with van der Waals surface area (Å²) in [5.74, 6) is -0.718. The summed E-state index contributed by atoms with van der Waals surface area (Å²) >= 11 is 0. The molecule has 104 valence electrons. The summed E-state index contributed by atoms with van der Waals surface area (Å²) in [6.07, 6.45) is 2.18. The van der Waals surface area contributed by atoms with E-state index in [1.165, 1.54) is 7.11 Å². The molecule has 3 rings (SSSR count). The number of aryl methyl sites for hydroxylation is 1. The van der Waals surface area contributed by atoms with E-state index in [1.807, 2.05) is 42.1 Å². The van der Waals surface area contributed by atoms with Crippen LogP contribution in [0.25, 0.3) is 10.9 Å². The third-order valence-corrected chi connectivity index (χ3v) is 3.86. The summed E-state index contributed by atoms with van der Waals surface area (Å²) in [6.45, 7) is 0.388. The average Bonchev–Trinajstić information content (AvgIpc) is 3.02. The summed E-state index contributed by atoms with van der Waals surface area (Å²) in [4.78, 5) is 25.5. The number of benzene rings is 1. The van der Waals surface area contributed by atoms with Gasteiger partial charge >= 0.3 is 5.97 Å². The maximum atomic E-state index is 12.2. The van der Waals surface area contributed by atoms with Gasteiger partial charge in [0.25, 0.3) is 0 Å². The van der Waals surface area contributed by atoms with Crippen molar-refractivity contribution in [1.29, 1.82) is 0 Å². The van der Waals surface area contributed by atoms with Gasteiger partial charge in [-0.2, -0.15) is 0 Å². The van der Waals surface area contributed by atoms with E-state index < -0.39 is 0 Å². The summed E-state index contributed by atoms with van der Waals surface area (Å²) in [6, 6.07) is 7.84. The van der Waals surface area contributed by atoms with Gasteiger partial charge in [-0.15, -0.1) is 0 Å². The standard InChI is InChI=1S/C15H16N2O3/c1-16-7-6-11-12(16)4-3-5-13(11)17-9-10(8-14(17)18)15(19)20-2/h3-7,10H,8-9H2,1-2H3. The number of esters is 1. The van der Waals surface area contributed by atoms with Crippen molar-refractivity contribution >= 4 is 28.5 Å². The fourth-order valence-corrected chi connectivity index (χ4v) is 2.79. The fraction of sp³-hybridized carbons (Fsp3) is 0.333. The molecule has 2 heterocycles. The van der Waals surface area contributed by atoms with Gasteiger partial charge in [0.1, 0.15) is 0 Å². The zero-order valence-electron chi connectivity index (χ0n) is 11.5. The molecule has 0 N–H and O–H groups in total. The zero-order valence-corrected chi connectivity index (χ0v) is 11.5. The quantitative estimate of drug-likeness (QED) is 0.782. The van der Waals surface area contributed by atoms with Gasteiger partial charge in [0.2, 0.25) is 5.91 Å². The first-order valence-corrected chi connectivity index (χ1v) is 6.54. The minimum Gasteiger partial charge on any atom is -0.469 e. The van der Waals surface area contributed by atoms with Gasteiger partial charge in [0.05, 0.1) is 18.7 Å². The molecule has 1 amide bonds. The van der Waals surface area contributed by atoms with Crippen LogP contribution in [0.5, 0.6) is 0 Å². The van der Waals surface area contributed by atoms with Crippen LogP contribution in [-0.4, -0.2) is 30.1 Å². The summed E-state index contributed by atoms with van der Waals surface area (Å²) in [7, 11) is 3.32. The second-order valence-electron chi connectivity index (χ2n) is 5.07. The Bertz CT molecular complexity index is 689. The Labute approximate surface area is 116 Å². The van der Waals surface area contributed by atoms with Gasteiger partial charge in [-0.3, -0.25) is 9.59 Å².